The molecule has 0 radical (unpaired) electrons. The van der Waals surface area contributed by atoms with Crippen molar-refractivity contribution < 1.29 is 41.0 Å². The number of hydrogen-bond acceptors (Lipinski definition) is 3. The van der Waals surface area contributed by atoms with Crippen molar-refractivity contribution >= 4 is 5.97 Å². The van der Waals surface area contributed by atoms with E-state index in [1.807, 2.05) is 0 Å². The minimum absolute atomic E-state index is 0.0949. The van der Waals surface area contributed by atoms with Gasteiger partial charge in [-0.15, -0.1) is 13.2 Å². The molecule has 0 aromatic carbocycles. The molecule has 1 N–H and O–H groups in total. The van der Waals surface area contributed by atoms with Crippen LogP contribution < -0.4 is 4.74 Å². The Morgan fingerprint density at radius 2 is 2.00 bits per heavy atom. The van der Waals surface area contributed by atoms with Crippen molar-refractivity contribution in [2.75, 3.05) is 0 Å². The van der Waals surface area contributed by atoms with Gasteiger partial charge in [-0.25, -0.2) is 18.2 Å². The first-order chi connectivity index (χ1) is 8.60. The summed E-state index contributed by atoms with van der Waals surface area (Å²) >= 11 is 0. The average molecular weight is 289 g/mol. The summed E-state index contributed by atoms with van der Waals surface area (Å²) in [6, 6.07) is 0.0949. The number of carboxylic acid groups (broad SMARTS) is 1. The van der Waals surface area contributed by atoms with Crippen LogP contribution in [-0.4, -0.2) is 22.4 Å². The molecule has 0 amide bonds. The maximum Gasteiger partial charge on any atom is 0.574 e. The highest BCUT2D eigenvalue weighted by Crippen LogP contribution is 2.29. The van der Waals surface area contributed by atoms with Gasteiger partial charge in [0.1, 0.15) is 11.5 Å². The number of carboxylic acids is 1. The fraction of sp³-hybridized carbons (Fsp3) is 0.333. The molecule has 0 spiro atoms. The summed E-state index contributed by atoms with van der Waals surface area (Å²) in [6.07, 6.45) is -9.81. The zero-order valence-electron chi connectivity index (χ0n) is 8.84. The summed E-state index contributed by atoms with van der Waals surface area (Å²) in [5.74, 6) is -4.62. The van der Waals surface area contributed by atoms with E-state index in [-0.39, 0.29) is 6.07 Å². The van der Waals surface area contributed by atoms with E-state index in [0.717, 1.165) is 0 Å². The Labute approximate surface area is 101 Å². The van der Waals surface area contributed by atoms with E-state index in [1.54, 1.807) is 0 Å². The third-order valence-electron chi connectivity index (χ3n) is 1.83. The highest BCUT2D eigenvalue weighted by Gasteiger charge is 2.33. The van der Waals surface area contributed by atoms with Crippen LogP contribution in [-0.2, 0) is 11.2 Å². The Kier molecular flexibility index (Phi) is 4.22. The maximum absolute atomic E-state index is 13.3. The Morgan fingerprint density at radius 1 is 1.42 bits per heavy atom. The Morgan fingerprint density at radius 3 is 2.42 bits per heavy atom. The van der Waals surface area contributed by atoms with Crippen molar-refractivity contribution in [1.82, 2.24) is 4.98 Å². The second-order valence-electron chi connectivity index (χ2n) is 3.23. The van der Waals surface area contributed by atoms with Crippen molar-refractivity contribution in [3.05, 3.63) is 23.1 Å². The predicted octanol–water partition coefficient (Wildman–Crippen LogP) is 2.68. The standard InChI is InChI=1S/C9H5F6NO3/c10-4-2-5(19-9(13,14)15)16-7(8(11)12)3(4)1-6(17)18/h2,8H,1H2,(H,17,18). The van der Waals surface area contributed by atoms with E-state index in [9.17, 15) is 31.1 Å². The van der Waals surface area contributed by atoms with Crippen molar-refractivity contribution in [1.29, 1.82) is 0 Å². The molecular formula is C9H5F6NO3. The fourth-order valence-electron chi connectivity index (χ4n) is 1.21. The summed E-state index contributed by atoms with van der Waals surface area (Å²) in [7, 11) is 0. The molecule has 0 saturated carbocycles. The van der Waals surface area contributed by atoms with Crippen LogP contribution in [0.4, 0.5) is 26.3 Å². The van der Waals surface area contributed by atoms with Crippen LogP contribution in [0.25, 0.3) is 0 Å². The molecule has 0 aliphatic heterocycles. The number of halogens is 6. The number of carbonyl (C=O) groups is 1. The third-order valence-corrected chi connectivity index (χ3v) is 1.83. The molecule has 0 fully saturated rings. The van der Waals surface area contributed by atoms with Gasteiger partial charge in [-0.1, -0.05) is 0 Å². The lowest BCUT2D eigenvalue weighted by Gasteiger charge is -2.12. The van der Waals surface area contributed by atoms with E-state index < -0.39 is 48.1 Å². The normalized spacial score (nSPS) is 11.7. The number of hydrogen-bond donors (Lipinski definition) is 1. The molecule has 0 aliphatic carbocycles. The number of aliphatic carboxylic acids is 1. The van der Waals surface area contributed by atoms with E-state index >= 15 is 0 Å². The topological polar surface area (TPSA) is 59.4 Å². The Hall–Kier alpha value is -2.00. The van der Waals surface area contributed by atoms with Crippen molar-refractivity contribution in [3.8, 4) is 5.88 Å². The van der Waals surface area contributed by atoms with Gasteiger partial charge >= 0.3 is 12.3 Å². The van der Waals surface area contributed by atoms with Crippen LogP contribution in [0.3, 0.4) is 0 Å². The number of rotatable bonds is 4. The molecule has 1 aromatic heterocycles. The van der Waals surface area contributed by atoms with Crippen molar-refractivity contribution in [2.24, 2.45) is 0 Å². The van der Waals surface area contributed by atoms with E-state index in [2.05, 4.69) is 9.72 Å². The molecule has 0 aliphatic rings. The molecule has 0 bridgehead atoms. The highest BCUT2D eigenvalue weighted by atomic mass is 19.4. The van der Waals surface area contributed by atoms with E-state index in [0.29, 0.717) is 0 Å². The van der Waals surface area contributed by atoms with Gasteiger partial charge in [-0.05, 0) is 0 Å². The fourth-order valence-corrected chi connectivity index (χ4v) is 1.21. The average Bonchev–Trinajstić information content (AvgIpc) is 2.18. The number of nitrogens with zero attached hydrogens (tertiary/aromatic N) is 1. The highest BCUT2D eigenvalue weighted by molar-refractivity contribution is 5.70. The lowest BCUT2D eigenvalue weighted by atomic mass is 10.1. The molecule has 0 saturated heterocycles. The first kappa shape index (κ1) is 15.1. The van der Waals surface area contributed by atoms with Crippen molar-refractivity contribution in [3.63, 3.8) is 0 Å². The van der Waals surface area contributed by atoms with Crippen LogP contribution in [0, 0.1) is 5.82 Å². The van der Waals surface area contributed by atoms with Gasteiger partial charge < -0.3 is 9.84 Å². The van der Waals surface area contributed by atoms with Crippen LogP contribution in [0.1, 0.15) is 17.7 Å². The SMILES string of the molecule is O=C(O)Cc1c(F)cc(OC(F)(F)F)nc1C(F)F. The first-order valence-electron chi connectivity index (χ1n) is 4.55. The van der Waals surface area contributed by atoms with Gasteiger partial charge in [-0.3, -0.25) is 4.79 Å². The number of alkyl halides is 5. The number of pyridine rings is 1. The van der Waals surface area contributed by atoms with Gasteiger partial charge in [0.25, 0.3) is 6.43 Å². The van der Waals surface area contributed by atoms with Gasteiger partial charge in [0.15, 0.2) is 0 Å². The summed E-state index contributed by atoms with van der Waals surface area (Å²) in [4.78, 5) is 13.1. The number of aromatic nitrogens is 1. The lowest BCUT2D eigenvalue weighted by Crippen LogP contribution is -2.19. The zero-order chi connectivity index (χ0) is 14.8. The lowest BCUT2D eigenvalue weighted by molar-refractivity contribution is -0.276. The quantitative estimate of drug-likeness (QED) is 0.866. The number of ether oxygens (including phenoxy) is 1. The van der Waals surface area contributed by atoms with Crippen LogP contribution in [0.15, 0.2) is 6.07 Å². The molecule has 0 atom stereocenters. The second-order valence-corrected chi connectivity index (χ2v) is 3.23. The zero-order valence-corrected chi connectivity index (χ0v) is 8.84. The molecule has 106 valence electrons. The van der Waals surface area contributed by atoms with Crippen LogP contribution in [0.2, 0.25) is 0 Å². The summed E-state index contributed by atoms with van der Waals surface area (Å²) in [5.41, 5.74) is -2.39. The summed E-state index contributed by atoms with van der Waals surface area (Å²) < 4.78 is 77.1. The van der Waals surface area contributed by atoms with Crippen LogP contribution in [0.5, 0.6) is 5.88 Å². The minimum atomic E-state index is -5.23. The van der Waals surface area contributed by atoms with Gasteiger partial charge in [0, 0.05) is 11.6 Å². The smallest absolute Gasteiger partial charge is 0.481 e. The van der Waals surface area contributed by atoms with Gasteiger partial charge in [0.05, 0.1) is 6.42 Å². The monoisotopic (exact) mass is 289 g/mol. The van der Waals surface area contributed by atoms with Gasteiger partial charge in [0.2, 0.25) is 5.88 Å². The second kappa shape index (κ2) is 5.33. The maximum atomic E-state index is 13.3. The minimum Gasteiger partial charge on any atom is -0.481 e. The molecular weight excluding hydrogens is 284 g/mol. The molecule has 10 heteroatoms. The van der Waals surface area contributed by atoms with E-state index in [1.165, 1.54) is 0 Å². The summed E-state index contributed by atoms with van der Waals surface area (Å²) in [6.45, 7) is 0. The van der Waals surface area contributed by atoms with E-state index in [4.69, 9.17) is 5.11 Å². The van der Waals surface area contributed by atoms with Gasteiger partial charge in [-0.2, -0.15) is 0 Å². The molecule has 1 aromatic rings. The molecule has 1 heterocycles. The predicted molar refractivity (Wildman–Crippen MR) is 47.2 cm³/mol. The first-order valence-corrected chi connectivity index (χ1v) is 4.55. The third kappa shape index (κ3) is 4.30. The Balaban J connectivity index is 3.25. The largest absolute Gasteiger partial charge is 0.574 e. The molecule has 19 heavy (non-hydrogen) atoms. The van der Waals surface area contributed by atoms with Crippen LogP contribution >= 0.6 is 0 Å². The molecule has 0 unspecified atom stereocenters. The molecule has 4 nitrogen and oxygen atoms in total. The van der Waals surface area contributed by atoms with Crippen molar-refractivity contribution in [2.45, 2.75) is 19.2 Å². The summed E-state index contributed by atoms with van der Waals surface area (Å²) in [5, 5.41) is 8.40. The molecule has 1 rings (SSSR count). The Bertz CT molecular complexity index is 488.